The van der Waals surface area contributed by atoms with Crippen LogP contribution in [-0.2, 0) is 16.2 Å². The van der Waals surface area contributed by atoms with E-state index in [1.807, 2.05) is 98.0 Å². The zero-order valence-electron chi connectivity index (χ0n) is 36.7. The Morgan fingerprint density at radius 2 is 1.59 bits per heavy atom. The summed E-state index contributed by atoms with van der Waals surface area (Å²) in [5.41, 5.74) is 6.62. The van der Waals surface area contributed by atoms with Crippen LogP contribution in [0.4, 0.5) is 0 Å². The Kier molecular flexibility index (Phi) is 13.8. The third-order valence-electron chi connectivity index (χ3n) is 13.4. The molecule has 63 heavy (non-hydrogen) atoms. The summed E-state index contributed by atoms with van der Waals surface area (Å²) < 4.78 is 21.1. The average molecular weight is 849 g/mol. The van der Waals surface area contributed by atoms with Crippen LogP contribution in [0.1, 0.15) is 83.5 Å². The number of aliphatic hydroxyl groups is 2. The Labute approximate surface area is 371 Å². The molecule has 0 bridgehead atoms. The summed E-state index contributed by atoms with van der Waals surface area (Å²) in [6.07, 6.45) is 9.14. The van der Waals surface area contributed by atoms with Crippen molar-refractivity contribution in [1.82, 2.24) is 4.90 Å². The van der Waals surface area contributed by atoms with E-state index in [1.165, 1.54) is 5.56 Å². The Morgan fingerprint density at radius 3 is 2.35 bits per heavy atom. The van der Waals surface area contributed by atoms with Gasteiger partial charge in [-0.05, 0) is 127 Å². The number of hydrogen-bond acceptors (Lipinski definition) is 8. The van der Waals surface area contributed by atoms with E-state index in [-0.39, 0.29) is 50.1 Å². The lowest BCUT2D eigenvalue weighted by molar-refractivity contribution is -0.252. The number of carbonyl (C=O) groups excluding carboxylic acids is 1. The highest BCUT2D eigenvalue weighted by atomic mass is 16.7. The fourth-order valence-electron chi connectivity index (χ4n) is 10.1. The third-order valence-corrected chi connectivity index (χ3v) is 13.4. The second-order valence-electron chi connectivity index (χ2n) is 17.4. The SMILES string of the molecule is C=CCO[C@@]12Oc3ccc(Oc4ccc(C)c(C)c4)cc3[C@H]3[C@H](CCCCO)[C@@H](CCCCO)C=C(C(=NOCc4ccccc4)C[C@@H]1N(C)C(=O)c1ccc4ccccc4c1)[C@H]32. The van der Waals surface area contributed by atoms with Crippen molar-refractivity contribution in [1.29, 1.82) is 0 Å². The van der Waals surface area contributed by atoms with Crippen molar-refractivity contribution in [2.45, 2.75) is 83.1 Å². The normalized spacial score (nSPS) is 23.0. The van der Waals surface area contributed by atoms with Crippen molar-refractivity contribution < 1.29 is 34.1 Å². The maximum Gasteiger partial charge on any atom is 0.254 e. The molecule has 5 aromatic carbocycles. The number of carbonyl (C=O) groups is 1. The number of benzene rings is 5. The molecule has 328 valence electrons. The fraction of sp³-hybridized carbons (Fsp3) is 0.370. The molecular formula is C54H60N2O7. The smallest absolute Gasteiger partial charge is 0.254 e. The highest BCUT2D eigenvalue weighted by molar-refractivity contribution is 6.04. The lowest BCUT2D eigenvalue weighted by Gasteiger charge is -2.59. The number of hydrogen-bond donors (Lipinski definition) is 2. The van der Waals surface area contributed by atoms with Gasteiger partial charge in [-0.1, -0.05) is 96.9 Å². The first kappa shape index (κ1) is 43.9. The zero-order valence-corrected chi connectivity index (χ0v) is 36.7. The van der Waals surface area contributed by atoms with Gasteiger partial charge in [0.05, 0.1) is 18.2 Å². The van der Waals surface area contributed by atoms with Gasteiger partial charge in [-0.2, -0.15) is 0 Å². The van der Waals surface area contributed by atoms with Crippen LogP contribution in [0, 0.1) is 31.6 Å². The molecular weight excluding hydrogens is 789 g/mol. The molecule has 9 heteroatoms. The lowest BCUT2D eigenvalue weighted by Crippen LogP contribution is -2.69. The average Bonchev–Trinajstić information content (AvgIpc) is 3.30. The number of fused-ring (bicyclic) bond motifs is 3. The van der Waals surface area contributed by atoms with Gasteiger partial charge in [-0.15, -0.1) is 6.58 Å². The zero-order chi connectivity index (χ0) is 43.9. The van der Waals surface area contributed by atoms with E-state index in [4.69, 9.17) is 24.2 Å². The molecule has 0 saturated heterocycles. The molecule has 6 atom stereocenters. The van der Waals surface area contributed by atoms with Gasteiger partial charge >= 0.3 is 0 Å². The Morgan fingerprint density at radius 1 is 0.857 bits per heavy atom. The van der Waals surface area contributed by atoms with Crippen LogP contribution in [0.5, 0.6) is 17.2 Å². The van der Waals surface area contributed by atoms with Crippen molar-refractivity contribution >= 4 is 22.4 Å². The summed E-state index contributed by atoms with van der Waals surface area (Å²) in [5, 5.41) is 27.0. The summed E-state index contributed by atoms with van der Waals surface area (Å²) in [5.74, 6) is 0.175. The third kappa shape index (κ3) is 9.19. The molecule has 0 unspecified atom stereocenters. The standard InChI is InChI=1S/C54H60N2O7/c1-5-29-60-54-50(56(4)53(59)42-23-22-39-17-9-10-18-40(39)31-42)34-48(55-61-35-38-15-7-6-8-16-38)46-32-41(19-11-13-27-57)45(20-12-14-28-58)51(52(46)54)47-33-44(25-26-49(47)63-54)62-43-24-21-36(2)37(3)30-43/h5-10,15-18,21-26,30-33,41,45,50-52,57-58H,1,11-14,19-20,27-29,34-35H2,2-4H3/t41-,45+,50-,51+,52+,54+/m0/s1. The molecule has 0 radical (unpaired) electrons. The van der Waals surface area contributed by atoms with Gasteiger partial charge in [0, 0.05) is 43.7 Å². The van der Waals surface area contributed by atoms with Crippen LogP contribution in [-0.4, -0.2) is 65.4 Å². The highest BCUT2D eigenvalue weighted by Gasteiger charge is 2.65. The van der Waals surface area contributed by atoms with Gasteiger partial charge in [0.25, 0.3) is 5.91 Å². The van der Waals surface area contributed by atoms with Gasteiger partial charge in [-0.25, -0.2) is 0 Å². The van der Waals surface area contributed by atoms with E-state index < -0.39 is 17.7 Å². The minimum absolute atomic E-state index is 0.0851. The molecule has 3 aliphatic rings. The molecule has 1 heterocycles. The predicted octanol–water partition coefficient (Wildman–Crippen LogP) is 10.9. The molecule has 0 aromatic heterocycles. The quantitative estimate of drug-likeness (QED) is 0.0513. The van der Waals surface area contributed by atoms with Crippen molar-refractivity contribution in [3.05, 3.63) is 161 Å². The summed E-state index contributed by atoms with van der Waals surface area (Å²) in [4.78, 5) is 23.0. The Balaban J connectivity index is 1.31. The van der Waals surface area contributed by atoms with Crippen LogP contribution in [0.25, 0.3) is 10.8 Å². The van der Waals surface area contributed by atoms with Gasteiger partial charge in [0.2, 0.25) is 5.79 Å². The van der Waals surface area contributed by atoms with Crippen molar-refractivity contribution in [3.63, 3.8) is 0 Å². The number of oxime groups is 1. The number of likely N-dealkylation sites (N-methyl/N-ethyl adjacent to an activating group) is 1. The highest BCUT2D eigenvalue weighted by Crippen LogP contribution is 2.62. The largest absolute Gasteiger partial charge is 0.459 e. The van der Waals surface area contributed by atoms with E-state index in [1.54, 1.807) is 11.0 Å². The second-order valence-corrected chi connectivity index (χ2v) is 17.4. The van der Waals surface area contributed by atoms with E-state index in [9.17, 15) is 15.0 Å². The number of aryl methyl sites for hydroxylation is 2. The van der Waals surface area contributed by atoms with Crippen LogP contribution < -0.4 is 9.47 Å². The fourth-order valence-corrected chi connectivity index (χ4v) is 10.1. The van der Waals surface area contributed by atoms with Gasteiger partial charge in [-0.3, -0.25) is 4.79 Å². The first-order valence-electron chi connectivity index (χ1n) is 22.5. The van der Waals surface area contributed by atoms with Crippen LogP contribution in [0.2, 0.25) is 0 Å². The first-order valence-corrected chi connectivity index (χ1v) is 22.5. The molecule has 8 rings (SSSR count). The van der Waals surface area contributed by atoms with E-state index in [0.29, 0.717) is 36.3 Å². The number of aliphatic hydroxyl groups excluding tert-OH is 2. The number of ether oxygens (including phenoxy) is 3. The number of rotatable bonds is 18. The monoisotopic (exact) mass is 848 g/mol. The van der Waals surface area contributed by atoms with Crippen molar-refractivity contribution in [3.8, 4) is 17.2 Å². The van der Waals surface area contributed by atoms with Gasteiger partial charge < -0.3 is 34.2 Å². The molecule has 1 fully saturated rings. The molecule has 1 aliphatic heterocycles. The number of unbranched alkanes of at least 4 members (excludes halogenated alkanes) is 2. The minimum atomic E-state index is -1.36. The molecule has 2 N–H and O–H groups in total. The van der Waals surface area contributed by atoms with Crippen molar-refractivity contribution in [2.24, 2.45) is 22.9 Å². The van der Waals surface area contributed by atoms with Crippen LogP contribution in [0.15, 0.2) is 139 Å². The summed E-state index contributed by atoms with van der Waals surface area (Å²) in [6.45, 7) is 8.93. The van der Waals surface area contributed by atoms with Gasteiger partial charge in [0.1, 0.15) is 29.9 Å². The maximum atomic E-state index is 14.9. The van der Waals surface area contributed by atoms with E-state index in [2.05, 4.69) is 44.7 Å². The molecule has 2 aliphatic carbocycles. The predicted molar refractivity (Wildman–Crippen MR) is 248 cm³/mol. The van der Waals surface area contributed by atoms with E-state index >= 15 is 0 Å². The minimum Gasteiger partial charge on any atom is -0.459 e. The first-order chi connectivity index (χ1) is 30.7. The number of allylic oxidation sites excluding steroid dienone is 1. The van der Waals surface area contributed by atoms with Crippen molar-refractivity contribution in [2.75, 3.05) is 26.9 Å². The maximum absolute atomic E-state index is 14.9. The number of amides is 1. The molecule has 1 saturated carbocycles. The molecule has 5 aromatic rings. The van der Waals surface area contributed by atoms with Crippen LogP contribution in [0.3, 0.4) is 0 Å². The Bertz CT molecular complexity index is 2460. The summed E-state index contributed by atoms with van der Waals surface area (Å²) in [7, 11) is 1.84. The topological polar surface area (TPSA) is 110 Å². The molecule has 0 spiro atoms. The van der Waals surface area contributed by atoms with Gasteiger partial charge in [0.15, 0.2) is 0 Å². The van der Waals surface area contributed by atoms with E-state index in [0.717, 1.165) is 70.2 Å². The summed E-state index contributed by atoms with van der Waals surface area (Å²) >= 11 is 0. The van der Waals surface area contributed by atoms with Crippen LogP contribution >= 0.6 is 0 Å². The number of nitrogens with zero attached hydrogens (tertiary/aromatic N) is 2. The molecule has 1 amide bonds. The second kappa shape index (κ2) is 19.8. The Hall–Kier alpha value is -5.74. The lowest BCUT2D eigenvalue weighted by atomic mass is 9.55. The summed E-state index contributed by atoms with van der Waals surface area (Å²) in [6, 6.07) is 35.4. The molecule has 9 nitrogen and oxygen atoms in total.